The van der Waals surface area contributed by atoms with Crippen LogP contribution in [0, 0.1) is 0 Å². The third-order valence-corrected chi connectivity index (χ3v) is 4.84. The highest BCUT2D eigenvalue weighted by atomic mass is 32.1. The normalized spacial score (nSPS) is 21.0. The number of hydrogen-bond acceptors (Lipinski definition) is 4. The SMILES string of the molecule is NC(=S)C1(N2C(=O)c3cccnc3C2=O)CCCCCC1. The Balaban J connectivity index is 2.08. The zero-order valence-electron chi connectivity index (χ0n) is 11.7. The fourth-order valence-electron chi connectivity index (χ4n) is 3.35. The molecule has 1 aliphatic carbocycles. The van der Waals surface area contributed by atoms with Crippen LogP contribution in [0.1, 0.15) is 59.4 Å². The molecule has 1 aliphatic heterocycles. The van der Waals surface area contributed by atoms with E-state index in [1.54, 1.807) is 12.1 Å². The lowest BCUT2D eigenvalue weighted by Crippen LogP contribution is -2.58. The van der Waals surface area contributed by atoms with Gasteiger partial charge >= 0.3 is 0 Å². The number of rotatable bonds is 2. The van der Waals surface area contributed by atoms with Crippen LogP contribution in [0.3, 0.4) is 0 Å². The number of pyridine rings is 1. The summed E-state index contributed by atoms with van der Waals surface area (Å²) in [6, 6.07) is 3.29. The lowest BCUT2D eigenvalue weighted by atomic mass is 9.88. The Morgan fingerprint density at radius 2 is 1.86 bits per heavy atom. The van der Waals surface area contributed by atoms with E-state index in [1.807, 2.05) is 0 Å². The minimum absolute atomic E-state index is 0.211. The summed E-state index contributed by atoms with van der Waals surface area (Å²) in [6.07, 6.45) is 6.80. The molecule has 0 saturated heterocycles. The fraction of sp³-hybridized carbons (Fsp3) is 0.467. The van der Waals surface area contributed by atoms with Crippen molar-refractivity contribution in [2.75, 3.05) is 0 Å². The van der Waals surface area contributed by atoms with E-state index >= 15 is 0 Å². The van der Waals surface area contributed by atoms with Gasteiger partial charge < -0.3 is 5.73 Å². The van der Waals surface area contributed by atoms with E-state index in [4.69, 9.17) is 18.0 Å². The van der Waals surface area contributed by atoms with Gasteiger partial charge in [0.1, 0.15) is 11.2 Å². The van der Waals surface area contributed by atoms with Crippen molar-refractivity contribution in [3.63, 3.8) is 0 Å². The maximum atomic E-state index is 12.7. The first kappa shape index (κ1) is 14.1. The van der Waals surface area contributed by atoms with Crippen molar-refractivity contribution in [3.05, 3.63) is 29.6 Å². The molecule has 0 aromatic carbocycles. The number of carbonyl (C=O) groups excluding carboxylic acids is 2. The molecule has 0 bridgehead atoms. The molecular formula is C15H17N3O2S. The van der Waals surface area contributed by atoms with Crippen molar-refractivity contribution in [2.24, 2.45) is 5.73 Å². The number of hydrogen-bond donors (Lipinski definition) is 1. The standard InChI is InChI=1S/C15H17N3O2S/c16-14(21)15(7-3-1-2-4-8-15)18-12(19)10-6-5-9-17-11(10)13(18)20/h5-6,9H,1-4,7-8H2,(H2,16,21). The highest BCUT2D eigenvalue weighted by Gasteiger charge is 2.51. The Morgan fingerprint density at radius 1 is 1.19 bits per heavy atom. The molecular weight excluding hydrogens is 286 g/mol. The highest BCUT2D eigenvalue weighted by molar-refractivity contribution is 7.80. The Bertz CT molecular complexity index is 586. The molecule has 5 nitrogen and oxygen atoms in total. The van der Waals surface area contributed by atoms with Crippen LogP contribution in [0.25, 0.3) is 0 Å². The molecule has 0 atom stereocenters. The van der Waals surface area contributed by atoms with Gasteiger partial charge in [0.2, 0.25) is 0 Å². The molecule has 0 unspecified atom stereocenters. The lowest BCUT2D eigenvalue weighted by Gasteiger charge is -2.39. The highest BCUT2D eigenvalue weighted by Crippen LogP contribution is 2.38. The molecule has 1 aromatic heterocycles. The van der Waals surface area contributed by atoms with Crippen LogP contribution < -0.4 is 5.73 Å². The Labute approximate surface area is 128 Å². The van der Waals surface area contributed by atoms with Crippen molar-refractivity contribution in [1.29, 1.82) is 0 Å². The second-order valence-electron chi connectivity index (χ2n) is 5.66. The predicted octanol–water partition coefficient (Wildman–Crippen LogP) is 2.06. The fourth-order valence-corrected chi connectivity index (χ4v) is 3.64. The molecule has 2 amide bonds. The molecule has 2 aliphatic rings. The molecule has 1 aromatic rings. The number of amides is 2. The summed E-state index contributed by atoms with van der Waals surface area (Å²) >= 11 is 5.25. The van der Waals surface area contributed by atoms with Crippen LogP contribution in [-0.4, -0.2) is 32.2 Å². The van der Waals surface area contributed by atoms with Gasteiger partial charge in [0.25, 0.3) is 11.8 Å². The zero-order chi connectivity index (χ0) is 15.0. The van der Waals surface area contributed by atoms with Crippen molar-refractivity contribution < 1.29 is 9.59 Å². The minimum atomic E-state index is -0.833. The molecule has 0 radical (unpaired) electrons. The van der Waals surface area contributed by atoms with E-state index in [0.29, 0.717) is 18.4 Å². The number of aromatic nitrogens is 1. The van der Waals surface area contributed by atoms with Crippen LogP contribution in [-0.2, 0) is 0 Å². The van der Waals surface area contributed by atoms with E-state index < -0.39 is 5.54 Å². The van der Waals surface area contributed by atoms with Gasteiger partial charge in [-0.05, 0) is 25.0 Å². The van der Waals surface area contributed by atoms with E-state index in [1.165, 1.54) is 11.1 Å². The monoisotopic (exact) mass is 303 g/mol. The second kappa shape index (κ2) is 5.18. The van der Waals surface area contributed by atoms with Crippen LogP contribution in [0.15, 0.2) is 18.3 Å². The quantitative estimate of drug-likeness (QED) is 0.514. The van der Waals surface area contributed by atoms with Crippen molar-refractivity contribution in [3.8, 4) is 0 Å². The maximum absolute atomic E-state index is 12.7. The first-order valence-electron chi connectivity index (χ1n) is 7.22. The van der Waals surface area contributed by atoms with Crippen LogP contribution >= 0.6 is 12.2 Å². The number of carbonyl (C=O) groups is 2. The first-order chi connectivity index (χ1) is 10.1. The van der Waals surface area contributed by atoms with Crippen LogP contribution in [0.4, 0.5) is 0 Å². The lowest BCUT2D eigenvalue weighted by molar-refractivity contribution is 0.0501. The third-order valence-electron chi connectivity index (χ3n) is 4.46. The van der Waals surface area contributed by atoms with Gasteiger partial charge in [-0.1, -0.05) is 37.9 Å². The number of thiocarbonyl (C=S) groups is 1. The van der Waals surface area contributed by atoms with E-state index in [2.05, 4.69) is 4.98 Å². The van der Waals surface area contributed by atoms with Crippen molar-refractivity contribution in [1.82, 2.24) is 9.88 Å². The minimum Gasteiger partial charge on any atom is -0.391 e. The summed E-state index contributed by atoms with van der Waals surface area (Å²) in [6.45, 7) is 0. The Morgan fingerprint density at radius 3 is 2.43 bits per heavy atom. The number of nitrogens with two attached hydrogens (primary N) is 1. The molecule has 2 heterocycles. The van der Waals surface area contributed by atoms with Gasteiger partial charge in [0, 0.05) is 6.20 Å². The van der Waals surface area contributed by atoms with Gasteiger partial charge in [0.15, 0.2) is 0 Å². The van der Waals surface area contributed by atoms with E-state index in [0.717, 1.165) is 25.7 Å². The number of imide groups is 1. The zero-order valence-corrected chi connectivity index (χ0v) is 12.5. The molecule has 2 N–H and O–H groups in total. The number of nitrogens with zero attached hydrogens (tertiary/aromatic N) is 2. The molecule has 6 heteroatoms. The summed E-state index contributed by atoms with van der Waals surface area (Å²) in [7, 11) is 0. The van der Waals surface area contributed by atoms with E-state index in [9.17, 15) is 9.59 Å². The van der Waals surface area contributed by atoms with Gasteiger partial charge in [-0.25, -0.2) is 0 Å². The Hall–Kier alpha value is -1.82. The smallest absolute Gasteiger partial charge is 0.281 e. The average Bonchev–Trinajstić information content (AvgIpc) is 2.67. The summed E-state index contributed by atoms with van der Waals surface area (Å²) in [5, 5.41) is 0. The summed E-state index contributed by atoms with van der Waals surface area (Å²) in [5.41, 5.74) is 5.70. The van der Waals surface area contributed by atoms with Gasteiger partial charge in [-0.15, -0.1) is 0 Å². The van der Waals surface area contributed by atoms with Crippen LogP contribution in [0.2, 0.25) is 0 Å². The van der Waals surface area contributed by atoms with Crippen molar-refractivity contribution in [2.45, 2.75) is 44.1 Å². The van der Waals surface area contributed by atoms with Gasteiger partial charge in [-0.2, -0.15) is 0 Å². The predicted molar refractivity (Wildman–Crippen MR) is 82.0 cm³/mol. The summed E-state index contributed by atoms with van der Waals surface area (Å²) in [4.78, 5) is 30.9. The van der Waals surface area contributed by atoms with Gasteiger partial charge in [-0.3, -0.25) is 19.5 Å². The van der Waals surface area contributed by atoms with Gasteiger partial charge in [0.05, 0.1) is 10.6 Å². The molecule has 0 spiro atoms. The molecule has 110 valence electrons. The topological polar surface area (TPSA) is 76.3 Å². The third kappa shape index (κ3) is 2.05. The maximum Gasteiger partial charge on any atom is 0.281 e. The molecule has 1 saturated carbocycles. The average molecular weight is 303 g/mol. The van der Waals surface area contributed by atoms with Crippen LogP contribution in [0.5, 0.6) is 0 Å². The second-order valence-corrected chi connectivity index (χ2v) is 6.10. The summed E-state index contributed by atoms with van der Waals surface area (Å²) < 4.78 is 0. The van der Waals surface area contributed by atoms with E-state index in [-0.39, 0.29) is 22.5 Å². The number of fused-ring (bicyclic) bond motifs is 1. The summed E-state index contributed by atoms with van der Waals surface area (Å²) in [5.74, 6) is -0.692. The molecule has 21 heavy (non-hydrogen) atoms. The molecule has 3 rings (SSSR count). The molecule has 1 fully saturated rings. The largest absolute Gasteiger partial charge is 0.391 e. The first-order valence-corrected chi connectivity index (χ1v) is 7.62. The van der Waals surface area contributed by atoms with Crippen molar-refractivity contribution >= 4 is 29.0 Å². The Kier molecular flexibility index (Phi) is 3.49.